The summed E-state index contributed by atoms with van der Waals surface area (Å²) in [5.41, 5.74) is -0.449. The summed E-state index contributed by atoms with van der Waals surface area (Å²) in [5, 5.41) is 29.2. The van der Waals surface area contributed by atoms with Crippen LogP contribution in [0.1, 0.15) is 5.56 Å². The van der Waals surface area contributed by atoms with Crippen LogP contribution in [-0.4, -0.2) is 51.8 Å². The molecule has 0 aliphatic carbocycles. The highest BCUT2D eigenvalue weighted by Crippen LogP contribution is 2.10. The van der Waals surface area contributed by atoms with Crippen LogP contribution in [0.15, 0.2) is 30.3 Å². The summed E-state index contributed by atoms with van der Waals surface area (Å²) in [6.45, 7) is -1.63. The molecule has 0 radical (unpaired) electrons. The van der Waals surface area contributed by atoms with Gasteiger partial charge in [0.2, 0.25) is 5.91 Å². The van der Waals surface area contributed by atoms with Gasteiger partial charge in [-0.2, -0.15) is 12.6 Å². The van der Waals surface area contributed by atoms with Crippen LogP contribution >= 0.6 is 12.6 Å². The summed E-state index contributed by atoms with van der Waals surface area (Å²) in [6.07, 6.45) is 0.425. The molecule has 1 atom stereocenters. The third kappa shape index (κ3) is 4.50. The van der Waals surface area contributed by atoms with Gasteiger partial charge in [0.15, 0.2) is 0 Å². The Labute approximate surface area is 117 Å². The number of thiol groups is 1. The number of hydrogen-bond donors (Lipinski definition) is 5. The first-order valence-corrected chi connectivity index (χ1v) is 6.45. The van der Waals surface area contributed by atoms with Gasteiger partial charge in [-0.15, -0.1) is 0 Å². The molecule has 5 nitrogen and oxygen atoms in total. The van der Waals surface area contributed by atoms with Gasteiger partial charge in [0.05, 0.1) is 25.1 Å². The van der Waals surface area contributed by atoms with Crippen molar-refractivity contribution in [2.45, 2.75) is 17.2 Å². The SMILES string of the molecule is O=C(NC(CO)(CO)CO)C(S)Cc1ccccc1. The van der Waals surface area contributed by atoms with E-state index in [0.717, 1.165) is 5.56 Å². The van der Waals surface area contributed by atoms with Crippen molar-refractivity contribution in [3.05, 3.63) is 35.9 Å². The van der Waals surface area contributed by atoms with E-state index in [1.165, 1.54) is 0 Å². The minimum absolute atomic E-state index is 0.425. The zero-order chi connectivity index (χ0) is 14.3. The Morgan fingerprint density at radius 2 is 1.68 bits per heavy atom. The molecule has 0 bridgehead atoms. The minimum Gasteiger partial charge on any atom is -0.394 e. The van der Waals surface area contributed by atoms with Crippen molar-refractivity contribution < 1.29 is 20.1 Å². The topological polar surface area (TPSA) is 89.8 Å². The number of aliphatic hydroxyl groups excluding tert-OH is 3. The first-order valence-electron chi connectivity index (χ1n) is 5.93. The molecule has 0 fully saturated rings. The smallest absolute Gasteiger partial charge is 0.233 e. The lowest BCUT2D eigenvalue weighted by Gasteiger charge is -2.29. The summed E-state index contributed by atoms with van der Waals surface area (Å²) in [4.78, 5) is 11.9. The molecule has 4 N–H and O–H groups in total. The molecule has 19 heavy (non-hydrogen) atoms. The number of amides is 1. The third-order valence-corrected chi connectivity index (χ3v) is 3.29. The lowest BCUT2D eigenvalue weighted by atomic mass is 10.0. The summed E-state index contributed by atoms with van der Waals surface area (Å²) < 4.78 is 0. The van der Waals surface area contributed by atoms with Crippen LogP contribution in [0.3, 0.4) is 0 Å². The van der Waals surface area contributed by atoms with Gasteiger partial charge in [0.25, 0.3) is 0 Å². The zero-order valence-corrected chi connectivity index (χ0v) is 11.4. The monoisotopic (exact) mass is 285 g/mol. The third-order valence-electron chi connectivity index (χ3n) is 2.87. The van der Waals surface area contributed by atoms with Gasteiger partial charge in [0, 0.05) is 0 Å². The molecule has 0 aromatic heterocycles. The van der Waals surface area contributed by atoms with E-state index in [1.807, 2.05) is 30.3 Å². The van der Waals surface area contributed by atoms with Gasteiger partial charge in [0.1, 0.15) is 5.54 Å². The molecule has 6 heteroatoms. The summed E-state index contributed by atoms with van der Waals surface area (Å²) in [6, 6.07) is 9.38. The second-order valence-electron chi connectivity index (χ2n) is 4.45. The predicted octanol–water partition coefficient (Wildman–Crippen LogP) is -0.641. The zero-order valence-electron chi connectivity index (χ0n) is 10.5. The van der Waals surface area contributed by atoms with Gasteiger partial charge in [-0.25, -0.2) is 0 Å². The molecule has 1 aromatic rings. The molecule has 0 saturated carbocycles. The van der Waals surface area contributed by atoms with Crippen LogP contribution in [0.25, 0.3) is 0 Å². The fourth-order valence-corrected chi connectivity index (χ4v) is 1.82. The van der Waals surface area contributed by atoms with Crippen LogP contribution in [0.4, 0.5) is 0 Å². The summed E-state index contributed by atoms with van der Waals surface area (Å²) in [7, 11) is 0. The average Bonchev–Trinajstić information content (AvgIpc) is 2.45. The minimum atomic E-state index is -1.41. The van der Waals surface area contributed by atoms with Crippen LogP contribution in [-0.2, 0) is 11.2 Å². The van der Waals surface area contributed by atoms with Crippen molar-refractivity contribution in [3.63, 3.8) is 0 Å². The number of carbonyl (C=O) groups is 1. The predicted molar refractivity (Wildman–Crippen MR) is 75.1 cm³/mol. The quantitative estimate of drug-likeness (QED) is 0.431. The van der Waals surface area contributed by atoms with Crippen molar-refractivity contribution in [1.82, 2.24) is 5.32 Å². The highest BCUT2D eigenvalue weighted by molar-refractivity contribution is 7.81. The maximum atomic E-state index is 11.9. The molecule has 106 valence electrons. The van der Waals surface area contributed by atoms with Gasteiger partial charge in [-0.05, 0) is 12.0 Å². The second-order valence-corrected chi connectivity index (χ2v) is 5.07. The fourth-order valence-electron chi connectivity index (χ4n) is 1.54. The van der Waals surface area contributed by atoms with Crippen LogP contribution < -0.4 is 5.32 Å². The van der Waals surface area contributed by atoms with Crippen LogP contribution in [0.5, 0.6) is 0 Å². The molecule has 0 aliphatic rings. The lowest BCUT2D eigenvalue weighted by Crippen LogP contribution is -2.58. The molecule has 0 saturated heterocycles. The second kappa shape index (κ2) is 7.49. The van der Waals surface area contributed by atoms with Gasteiger partial charge >= 0.3 is 0 Å². The van der Waals surface area contributed by atoms with Crippen molar-refractivity contribution in [2.75, 3.05) is 19.8 Å². The highest BCUT2D eigenvalue weighted by Gasteiger charge is 2.31. The molecule has 1 rings (SSSR count). The Balaban J connectivity index is 2.62. The van der Waals surface area contributed by atoms with Crippen LogP contribution in [0.2, 0.25) is 0 Å². The van der Waals surface area contributed by atoms with E-state index in [1.54, 1.807) is 0 Å². The number of benzene rings is 1. The Morgan fingerprint density at radius 1 is 1.16 bits per heavy atom. The molecule has 1 aromatic carbocycles. The lowest BCUT2D eigenvalue weighted by molar-refractivity contribution is -0.124. The van der Waals surface area contributed by atoms with E-state index in [4.69, 9.17) is 15.3 Å². The summed E-state index contributed by atoms with van der Waals surface area (Å²) in [5.74, 6) is -0.440. The maximum absolute atomic E-state index is 11.9. The van der Waals surface area contributed by atoms with Crippen LogP contribution in [0, 0.1) is 0 Å². The van der Waals surface area contributed by atoms with Crippen molar-refractivity contribution in [2.24, 2.45) is 0 Å². The van der Waals surface area contributed by atoms with E-state index in [0.29, 0.717) is 6.42 Å². The van der Waals surface area contributed by atoms with Crippen molar-refractivity contribution in [3.8, 4) is 0 Å². The first-order chi connectivity index (χ1) is 9.06. The van der Waals surface area contributed by atoms with Gasteiger partial charge in [-0.1, -0.05) is 30.3 Å². The molecular formula is C13H19NO4S. The molecule has 1 unspecified atom stereocenters. The van der Waals surface area contributed by atoms with E-state index in [9.17, 15) is 4.79 Å². The molecule has 0 heterocycles. The number of hydrogen-bond acceptors (Lipinski definition) is 5. The first kappa shape index (κ1) is 16.0. The van der Waals surface area contributed by atoms with Crippen molar-refractivity contribution >= 4 is 18.5 Å². The highest BCUT2D eigenvalue weighted by atomic mass is 32.1. The number of aliphatic hydroxyl groups is 3. The van der Waals surface area contributed by atoms with Gasteiger partial charge in [-0.3, -0.25) is 4.79 Å². The largest absolute Gasteiger partial charge is 0.394 e. The average molecular weight is 285 g/mol. The van der Waals surface area contributed by atoms with Gasteiger partial charge < -0.3 is 20.6 Å². The Morgan fingerprint density at radius 3 is 2.16 bits per heavy atom. The molecule has 1 amide bonds. The Kier molecular flexibility index (Phi) is 6.30. The standard InChI is InChI=1S/C13H19NO4S/c15-7-13(8-16,9-17)14-12(18)11(19)6-10-4-2-1-3-5-10/h1-5,11,15-17,19H,6-9H2,(H,14,18). The Bertz CT molecular complexity index is 387. The molecule has 0 spiro atoms. The maximum Gasteiger partial charge on any atom is 0.233 e. The summed E-state index contributed by atoms with van der Waals surface area (Å²) >= 11 is 4.21. The number of nitrogens with one attached hydrogen (secondary N) is 1. The molecular weight excluding hydrogens is 266 g/mol. The van der Waals surface area contributed by atoms with E-state index >= 15 is 0 Å². The van der Waals surface area contributed by atoms with E-state index in [2.05, 4.69) is 17.9 Å². The van der Waals surface area contributed by atoms with Crippen molar-refractivity contribution in [1.29, 1.82) is 0 Å². The number of carbonyl (C=O) groups excluding carboxylic acids is 1. The molecule has 0 aliphatic heterocycles. The number of rotatable bonds is 7. The van der Waals surface area contributed by atoms with E-state index in [-0.39, 0.29) is 0 Å². The normalized spacial score (nSPS) is 13.1. The Hall–Kier alpha value is -1.08. The fraction of sp³-hybridized carbons (Fsp3) is 0.462. The van der Waals surface area contributed by atoms with E-state index < -0.39 is 36.5 Å².